The fraction of sp³-hybridized carbons (Fsp3) is 0.357. The van der Waals surface area contributed by atoms with Gasteiger partial charge in [-0.25, -0.2) is 13.4 Å². The Balaban J connectivity index is 1.87. The standard InChI is InChI=1S/C14H17N3O2S2/c1-10-14(20-9-16-10)8-17(2)21(18,19)13-4-3-11-6-15-7-12(11)5-13/h3-5,9,15H,6-8H2,1-2H3. The van der Waals surface area contributed by atoms with E-state index in [9.17, 15) is 8.42 Å². The summed E-state index contributed by atoms with van der Waals surface area (Å²) >= 11 is 1.48. The van der Waals surface area contributed by atoms with Crippen molar-refractivity contribution in [1.29, 1.82) is 0 Å². The summed E-state index contributed by atoms with van der Waals surface area (Å²) in [5.41, 5.74) is 4.88. The molecule has 2 heterocycles. The molecule has 5 nitrogen and oxygen atoms in total. The Morgan fingerprint density at radius 1 is 1.33 bits per heavy atom. The van der Waals surface area contributed by atoms with E-state index in [0.717, 1.165) is 29.2 Å². The monoisotopic (exact) mass is 323 g/mol. The van der Waals surface area contributed by atoms with Gasteiger partial charge in [-0.05, 0) is 30.2 Å². The topological polar surface area (TPSA) is 62.3 Å². The molecule has 0 saturated carbocycles. The second kappa shape index (κ2) is 5.49. The van der Waals surface area contributed by atoms with Gasteiger partial charge in [-0.15, -0.1) is 11.3 Å². The molecule has 1 aromatic heterocycles. The molecule has 0 atom stereocenters. The molecule has 0 bridgehead atoms. The second-order valence-corrected chi connectivity index (χ2v) is 8.14. The Bertz CT molecular complexity index is 768. The first-order valence-electron chi connectivity index (χ1n) is 6.66. The molecule has 0 fully saturated rings. The summed E-state index contributed by atoms with van der Waals surface area (Å²) in [6, 6.07) is 5.37. The maximum absolute atomic E-state index is 12.7. The molecule has 0 amide bonds. The molecule has 3 rings (SSSR count). The molecular formula is C14H17N3O2S2. The number of fused-ring (bicyclic) bond motifs is 1. The maximum atomic E-state index is 12.7. The number of nitrogens with zero attached hydrogens (tertiary/aromatic N) is 2. The predicted octanol–water partition coefficient (Wildman–Crippen LogP) is 1.88. The van der Waals surface area contributed by atoms with Gasteiger partial charge in [-0.3, -0.25) is 0 Å². The number of benzene rings is 1. The lowest BCUT2D eigenvalue weighted by Gasteiger charge is -2.17. The highest BCUT2D eigenvalue weighted by Crippen LogP contribution is 2.24. The number of aryl methyl sites for hydroxylation is 1. The van der Waals surface area contributed by atoms with Crippen LogP contribution in [0, 0.1) is 6.92 Å². The van der Waals surface area contributed by atoms with Crippen LogP contribution in [0.3, 0.4) is 0 Å². The molecule has 2 aromatic rings. The van der Waals surface area contributed by atoms with Crippen molar-refractivity contribution in [1.82, 2.24) is 14.6 Å². The van der Waals surface area contributed by atoms with Gasteiger partial charge >= 0.3 is 0 Å². The molecule has 0 radical (unpaired) electrons. The van der Waals surface area contributed by atoms with Crippen molar-refractivity contribution in [2.24, 2.45) is 0 Å². The van der Waals surface area contributed by atoms with E-state index in [0.29, 0.717) is 11.4 Å². The second-order valence-electron chi connectivity index (χ2n) is 5.16. The minimum absolute atomic E-state index is 0.355. The van der Waals surface area contributed by atoms with Gasteiger partial charge in [-0.2, -0.15) is 4.31 Å². The molecule has 21 heavy (non-hydrogen) atoms. The van der Waals surface area contributed by atoms with Gasteiger partial charge < -0.3 is 5.32 Å². The van der Waals surface area contributed by atoms with Crippen molar-refractivity contribution in [2.45, 2.75) is 31.5 Å². The van der Waals surface area contributed by atoms with Gasteiger partial charge in [0.2, 0.25) is 10.0 Å². The van der Waals surface area contributed by atoms with E-state index < -0.39 is 10.0 Å². The maximum Gasteiger partial charge on any atom is 0.243 e. The third kappa shape index (κ3) is 2.74. The van der Waals surface area contributed by atoms with E-state index in [2.05, 4.69) is 10.3 Å². The zero-order valence-corrected chi connectivity index (χ0v) is 13.6. The minimum Gasteiger partial charge on any atom is -0.309 e. The lowest BCUT2D eigenvalue weighted by atomic mass is 10.1. The normalized spacial score (nSPS) is 14.6. The Hall–Kier alpha value is -1.28. The van der Waals surface area contributed by atoms with Crippen LogP contribution in [-0.2, 0) is 29.7 Å². The lowest BCUT2D eigenvalue weighted by Crippen LogP contribution is -2.26. The predicted molar refractivity (Wildman–Crippen MR) is 82.5 cm³/mol. The molecule has 1 aliphatic heterocycles. The SMILES string of the molecule is Cc1ncsc1CN(C)S(=O)(=O)c1ccc2c(c1)CNC2. The fourth-order valence-electron chi connectivity index (χ4n) is 2.38. The van der Waals surface area contributed by atoms with Gasteiger partial charge in [0.25, 0.3) is 0 Å². The molecule has 0 unspecified atom stereocenters. The van der Waals surface area contributed by atoms with E-state index in [1.165, 1.54) is 21.2 Å². The largest absolute Gasteiger partial charge is 0.309 e. The highest BCUT2D eigenvalue weighted by Gasteiger charge is 2.23. The summed E-state index contributed by atoms with van der Waals surface area (Å²) in [6.45, 7) is 3.80. The first kappa shape index (κ1) is 14.6. The Morgan fingerprint density at radius 2 is 2.10 bits per heavy atom. The number of nitrogens with one attached hydrogen (secondary N) is 1. The zero-order chi connectivity index (χ0) is 15.0. The van der Waals surface area contributed by atoms with Crippen LogP contribution in [0.4, 0.5) is 0 Å². The first-order chi connectivity index (χ1) is 9.98. The molecule has 1 aliphatic rings. The fourth-order valence-corrected chi connectivity index (χ4v) is 4.48. The minimum atomic E-state index is -3.47. The van der Waals surface area contributed by atoms with Crippen LogP contribution >= 0.6 is 11.3 Å². The van der Waals surface area contributed by atoms with Crippen molar-refractivity contribution in [3.05, 3.63) is 45.4 Å². The lowest BCUT2D eigenvalue weighted by molar-refractivity contribution is 0.468. The van der Waals surface area contributed by atoms with Gasteiger partial charge in [0.1, 0.15) is 0 Å². The van der Waals surface area contributed by atoms with Crippen molar-refractivity contribution >= 4 is 21.4 Å². The Morgan fingerprint density at radius 3 is 2.81 bits per heavy atom. The number of thiazole rings is 1. The van der Waals surface area contributed by atoms with Crippen LogP contribution in [0.15, 0.2) is 28.6 Å². The van der Waals surface area contributed by atoms with Gasteiger partial charge in [-0.1, -0.05) is 6.07 Å². The molecule has 7 heteroatoms. The van der Waals surface area contributed by atoms with Crippen LogP contribution < -0.4 is 5.32 Å². The van der Waals surface area contributed by atoms with Crippen molar-refractivity contribution in [3.63, 3.8) is 0 Å². The van der Waals surface area contributed by atoms with E-state index in [1.807, 2.05) is 13.0 Å². The zero-order valence-electron chi connectivity index (χ0n) is 12.0. The van der Waals surface area contributed by atoms with E-state index in [-0.39, 0.29) is 0 Å². The number of aromatic nitrogens is 1. The van der Waals surface area contributed by atoms with Crippen molar-refractivity contribution in [3.8, 4) is 0 Å². The Kier molecular flexibility index (Phi) is 3.83. The smallest absolute Gasteiger partial charge is 0.243 e. The summed E-state index contributed by atoms with van der Waals surface area (Å²) < 4.78 is 26.7. The average molecular weight is 323 g/mol. The Labute approximate surface area is 128 Å². The number of sulfonamides is 1. The molecule has 0 saturated heterocycles. The summed E-state index contributed by atoms with van der Waals surface area (Å²) in [5, 5.41) is 3.22. The van der Waals surface area contributed by atoms with Crippen LogP contribution in [0.5, 0.6) is 0 Å². The average Bonchev–Trinajstić information content (AvgIpc) is 3.07. The van der Waals surface area contributed by atoms with Gasteiger partial charge in [0.15, 0.2) is 0 Å². The highest BCUT2D eigenvalue weighted by atomic mass is 32.2. The van der Waals surface area contributed by atoms with Crippen LogP contribution in [0.2, 0.25) is 0 Å². The molecule has 1 N–H and O–H groups in total. The van der Waals surface area contributed by atoms with Crippen LogP contribution in [-0.4, -0.2) is 24.8 Å². The summed E-state index contributed by atoms with van der Waals surface area (Å²) in [7, 11) is -1.86. The molecular weight excluding hydrogens is 306 g/mol. The summed E-state index contributed by atoms with van der Waals surface area (Å²) in [5.74, 6) is 0. The summed E-state index contributed by atoms with van der Waals surface area (Å²) in [6.07, 6.45) is 0. The third-order valence-electron chi connectivity index (χ3n) is 3.73. The first-order valence-corrected chi connectivity index (χ1v) is 8.98. The van der Waals surface area contributed by atoms with Crippen molar-refractivity contribution in [2.75, 3.05) is 7.05 Å². The van der Waals surface area contributed by atoms with E-state index in [1.54, 1.807) is 24.7 Å². The van der Waals surface area contributed by atoms with E-state index in [4.69, 9.17) is 0 Å². The summed E-state index contributed by atoms with van der Waals surface area (Å²) in [4.78, 5) is 5.49. The van der Waals surface area contributed by atoms with Crippen LogP contribution in [0.1, 0.15) is 21.7 Å². The molecule has 0 aliphatic carbocycles. The molecule has 112 valence electrons. The highest BCUT2D eigenvalue weighted by molar-refractivity contribution is 7.89. The van der Waals surface area contributed by atoms with Crippen LogP contribution in [0.25, 0.3) is 0 Å². The van der Waals surface area contributed by atoms with E-state index >= 15 is 0 Å². The molecule has 1 aromatic carbocycles. The quantitative estimate of drug-likeness (QED) is 0.933. The van der Waals surface area contributed by atoms with Crippen molar-refractivity contribution < 1.29 is 8.42 Å². The number of rotatable bonds is 4. The van der Waals surface area contributed by atoms with Gasteiger partial charge in [0.05, 0.1) is 16.1 Å². The molecule has 0 spiro atoms. The third-order valence-corrected chi connectivity index (χ3v) is 6.45. The number of hydrogen-bond donors (Lipinski definition) is 1. The van der Waals surface area contributed by atoms with Gasteiger partial charge in [0, 0.05) is 31.6 Å². The number of hydrogen-bond acceptors (Lipinski definition) is 5.